The Morgan fingerprint density at radius 1 is 1.71 bits per heavy atom. The molecule has 1 aromatic heterocycles. The molecule has 0 saturated heterocycles. The van der Waals surface area contributed by atoms with E-state index in [0.29, 0.717) is 6.42 Å². The largest absolute Gasteiger partial charge is 0.335 e. The van der Waals surface area contributed by atoms with Crippen molar-refractivity contribution < 1.29 is 4.79 Å². The summed E-state index contributed by atoms with van der Waals surface area (Å²) in [7, 11) is 0. The van der Waals surface area contributed by atoms with E-state index in [-0.39, 0.29) is 5.78 Å². The first-order valence-electron chi connectivity index (χ1n) is 4.93. The van der Waals surface area contributed by atoms with Crippen LogP contribution < -0.4 is 5.73 Å². The second-order valence-electron chi connectivity index (χ2n) is 3.47. The summed E-state index contributed by atoms with van der Waals surface area (Å²) < 4.78 is 2.00. The minimum atomic E-state index is -0.401. The molecule has 0 amide bonds. The highest BCUT2D eigenvalue weighted by Gasteiger charge is 2.11. The van der Waals surface area contributed by atoms with Crippen molar-refractivity contribution >= 4 is 5.78 Å². The van der Waals surface area contributed by atoms with E-state index in [1.807, 2.05) is 10.8 Å². The Balaban J connectivity index is 2.66. The van der Waals surface area contributed by atoms with Crippen LogP contribution in [0.15, 0.2) is 12.4 Å². The van der Waals surface area contributed by atoms with Gasteiger partial charge >= 0.3 is 0 Å². The molecule has 0 saturated carbocycles. The third-order valence-corrected chi connectivity index (χ3v) is 2.11. The number of aromatic nitrogens is 2. The number of imidazole rings is 1. The Labute approximate surface area is 84.1 Å². The lowest BCUT2D eigenvalue weighted by atomic mass is 10.1. The van der Waals surface area contributed by atoms with E-state index in [1.165, 1.54) is 0 Å². The summed E-state index contributed by atoms with van der Waals surface area (Å²) in [6.45, 7) is 4.70. The Morgan fingerprint density at radius 2 is 2.43 bits per heavy atom. The molecule has 14 heavy (non-hydrogen) atoms. The normalized spacial score (nSPS) is 12.8. The highest BCUT2D eigenvalue weighted by molar-refractivity contribution is 5.84. The quantitative estimate of drug-likeness (QED) is 0.754. The first-order valence-corrected chi connectivity index (χ1v) is 4.93. The van der Waals surface area contributed by atoms with Gasteiger partial charge in [0, 0.05) is 18.9 Å². The first kappa shape index (κ1) is 10.9. The number of carbonyl (C=O) groups excluding carboxylic acids is 1. The SMILES string of the molecule is CCCn1ccnc1CC(=O)C(C)N. The molecule has 0 aromatic carbocycles. The first-order chi connectivity index (χ1) is 6.65. The van der Waals surface area contributed by atoms with Crippen molar-refractivity contribution in [3.63, 3.8) is 0 Å². The van der Waals surface area contributed by atoms with Gasteiger partial charge in [-0.3, -0.25) is 4.79 Å². The molecule has 1 rings (SSSR count). The van der Waals surface area contributed by atoms with E-state index in [1.54, 1.807) is 13.1 Å². The maximum atomic E-state index is 11.4. The number of rotatable bonds is 5. The fraction of sp³-hybridized carbons (Fsp3) is 0.600. The van der Waals surface area contributed by atoms with Crippen molar-refractivity contribution in [3.05, 3.63) is 18.2 Å². The van der Waals surface area contributed by atoms with Crippen molar-refractivity contribution in [2.75, 3.05) is 0 Å². The van der Waals surface area contributed by atoms with E-state index in [0.717, 1.165) is 18.8 Å². The van der Waals surface area contributed by atoms with Crippen LogP contribution in [0.5, 0.6) is 0 Å². The van der Waals surface area contributed by atoms with Crippen LogP contribution >= 0.6 is 0 Å². The molecular formula is C10H17N3O. The lowest BCUT2D eigenvalue weighted by Crippen LogP contribution is -2.29. The topological polar surface area (TPSA) is 60.9 Å². The number of aryl methyl sites for hydroxylation is 1. The van der Waals surface area contributed by atoms with Gasteiger partial charge in [-0.2, -0.15) is 0 Å². The number of hydrogen-bond donors (Lipinski definition) is 1. The Hall–Kier alpha value is -1.16. The number of nitrogens with two attached hydrogens (primary N) is 1. The number of carbonyl (C=O) groups is 1. The highest BCUT2D eigenvalue weighted by atomic mass is 16.1. The third kappa shape index (κ3) is 2.67. The lowest BCUT2D eigenvalue weighted by Gasteiger charge is -2.07. The van der Waals surface area contributed by atoms with E-state index < -0.39 is 6.04 Å². The number of Topliss-reactive ketones (excluding diaryl/α,β-unsaturated/α-hetero) is 1. The van der Waals surface area contributed by atoms with E-state index in [4.69, 9.17) is 5.73 Å². The van der Waals surface area contributed by atoms with Gasteiger partial charge in [0.2, 0.25) is 0 Å². The van der Waals surface area contributed by atoms with Crippen molar-refractivity contribution in [2.24, 2.45) is 5.73 Å². The van der Waals surface area contributed by atoms with Crippen LogP contribution in [-0.4, -0.2) is 21.4 Å². The van der Waals surface area contributed by atoms with Crippen molar-refractivity contribution in [2.45, 2.75) is 39.3 Å². The second kappa shape index (κ2) is 4.91. The molecule has 1 aromatic rings. The fourth-order valence-corrected chi connectivity index (χ4v) is 1.27. The van der Waals surface area contributed by atoms with Crippen molar-refractivity contribution in [1.82, 2.24) is 9.55 Å². The predicted molar refractivity (Wildman–Crippen MR) is 54.9 cm³/mol. The summed E-state index contributed by atoms with van der Waals surface area (Å²) in [5.41, 5.74) is 5.49. The summed E-state index contributed by atoms with van der Waals surface area (Å²) >= 11 is 0. The average molecular weight is 195 g/mol. The van der Waals surface area contributed by atoms with Crippen LogP contribution in [-0.2, 0) is 17.8 Å². The molecule has 1 unspecified atom stereocenters. The maximum absolute atomic E-state index is 11.4. The standard InChI is InChI=1S/C10H17N3O/c1-3-5-13-6-4-12-10(13)7-9(14)8(2)11/h4,6,8H,3,5,7,11H2,1-2H3. The van der Waals surface area contributed by atoms with Gasteiger partial charge < -0.3 is 10.3 Å². The lowest BCUT2D eigenvalue weighted by molar-refractivity contribution is -0.119. The molecule has 0 bridgehead atoms. The second-order valence-corrected chi connectivity index (χ2v) is 3.47. The third-order valence-electron chi connectivity index (χ3n) is 2.11. The zero-order valence-electron chi connectivity index (χ0n) is 8.73. The number of ketones is 1. The molecule has 2 N–H and O–H groups in total. The molecule has 1 heterocycles. The van der Waals surface area contributed by atoms with Crippen molar-refractivity contribution in [3.8, 4) is 0 Å². The molecule has 78 valence electrons. The monoisotopic (exact) mass is 195 g/mol. The average Bonchev–Trinajstić information content (AvgIpc) is 2.53. The smallest absolute Gasteiger partial charge is 0.156 e. The van der Waals surface area contributed by atoms with Gasteiger partial charge in [-0.05, 0) is 13.3 Å². The molecule has 4 nitrogen and oxygen atoms in total. The minimum absolute atomic E-state index is 0.0357. The highest BCUT2D eigenvalue weighted by Crippen LogP contribution is 2.01. The van der Waals surface area contributed by atoms with Crippen molar-refractivity contribution in [1.29, 1.82) is 0 Å². The summed E-state index contributed by atoms with van der Waals surface area (Å²) in [5.74, 6) is 0.850. The molecule has 0 fully saturated rings. The molecule has 1 atom stereocenters. The zero-order chi connectivity index (χ0) is 10.6. The fourth-order valence-electron chi connectivity index (χ4n) is 1.27. The summed E-state index contributed by atoms with van der Waals surface area (Å²) in [6.07, 6.45) is 4.99. The minimum Gasteiger partial charge on any atom is -0.335 e. The van der Waals surface area contributed by atoms with Gasteiger partial charge in [-0.1, -0.05) is 6.92 Å². The molecule has 0 aliphatic rings. The number of nitrogens with zero attached hydrogens (tertiary/aromatic N) is 2. The molecule has 0 aliphatic carbocycles. The Bertz CT molecular complexity index is 304. The van der Waals surface area contributed by atoms with Crippen LogP contribution in [0.1, 0.15) is 26.1 Å². The Morgan fingerprint density at radius 3 is 3.00 bits per heavy atom. The van der Waals surface area contributed by atoms with Gasteiger partial charge in [0.15, 0.2) is 5.78 Å². The molecule has 0 aliphatic heterocycles. The van der Waals surface area contributed by atoms with Crippen LogP contribution in [0, 0.1) is 0 Å². The van der Waals surface area contributed by atoms with Gasteiger partial charge in [0.25, 0.3) is 0 Å². The van der Waals surface area contributed by atoms with Gasteiger partial charge in [-0.15, -0.1) is 0 Å². The van der Waals surface area contributed by atoms with E-state index in [9.17, 15) is 4.79 Å². The van der Waals surface area contributed by atoms with Gasteiger partial charge in [-0.25, -0.2) is 4.98 Å². The van der Waals surface area contributed by atoms with Crippen LogP contribution in [0.3, 0.4) is 0 Å². The zero-order valence-corrected chi connectivity index (χ0v) is 8.73. The summed E-state index contributed by atoms with van der Waals surface area (Å²) in [4.78, 5) is 15.5. The van der Waals surface area contributed by atoms with Gasteiger partial charge in [0.1, 0.15) is 5.82 Å². The molecule has 0 spiro atoms. The van der Waals surface area contributed by atoms with Crippen LogP contribution in [0.25, 0.3) is 0 Å². The van der Waals surface area contributed by atoms with Gasteiger partial charge in [0.05, 0.1) is 12.5 Å². The molecule has 0 radical (unpaired) electrons. The number of hydrogen-bond acceptors (Lipinski definition) is 3. The maximum Gasteiger partial charge on any atom is 0.156 e. The Kier molecular flexibility index (Phi) is 3.83. The van der Waals surface area contributed by atoms with Crippen LogP contribution in [0.2, 0.25) is 0 Å². The summed E-state index contributed by atoms with van der Waals surface area (Å²) in [5, 5.41) is 0. The summed E-state index contributed by atoms with van der Waals surface area (Å²) in [6, 6.07) is -0.401. The van der Waals surface area contributed by atoms with E-state index >= 15 is 0 Å². The molecular weight excluding hydrogens is 178 g/mol. The predicted octanol–water partition coefficient (Wildman–Crippen LogP) is 0.752. The molecule has 4 heteroatoms. The van der Waals surface area contributed by atoms with E-state index in [2.05, 4.69) is 11.9 Å². The van der Waals surface area contributed by atoms with Crippen LogP contribution in [0.4, 0.5) is 0 Å².